The highest BCUT2D eigenvalue weighted by molar-refractivity contribution is 6.30. The van der Waals surface area contributed by atoms with Crippen LogP contribution in [0.5, 0.6) is 0 Å². The standard InChI is InChI=1S/C21H24ClN3O2.ClH/c1-21(10-12-23-13-11-21)14-24-20(27)17-4-2-3-5-18(17)25-19(26)15-6-8-16(22)9-7-15;/h2-9,23H,10-14H2,1H3,(H,24,27)(H,25,26);1H. The Bertz CT molecular complexity index is 819. The van der Waals surface area contributed by atoms with Crippen molar-refractivity contribution in [3.05, 3.63) is 64.7 Å². The predicted molar refractivity (Wildman–Crippen MR) is 116 cm³/mol. The zero-order valence-electron chi connectivity index (χ0n) is 15.8. The summed E-state index contributed by atoms with van der Waals surface area (Å²) in [5, 5.41) is 9.76. The van der Waals surface area contributed by atoms with Gasteiger partial charge in [0.1, 0.15) is 0 Å². The quantitative estimate of drug-likeness (QED) is 0.679. The van der Waals surface area contributed by atoms with Crippen LogP contribution >= 0.6 is 24.0 Å². The highest BCUT2D eigenvalue weighted by atomic mass is 35.5. The Kier molecular flexibility index (Phi) is 7.87. The van der Waals surface area contributed by atoms with E-state index in [0.29, 0.717) is 28.4 Å². The van der Waals surface area contributed by atoms with Crippen molar-refractivity contribution in [2.75, 3.05) is 25.0 Å². The molecule has 0 bridgehead atoms. The number of benzene rings is 2. The van der Waals surface area contributed by atoms with Gasteiger partial charge in [-0.15, -0.1) is 12.4 Å². The number of para-hydroxylation sites is 1. The summed E-state index contributed by atoms with van der Waals surface area (Å²) in [4.78, 5) is 25.2. The fraction of sp³-hybridized carbons (Fsp3) is 0.333. The van der Waals surface area contributed by atoms with Crippen LogP contribution in [0, 0.1) is 5.41 Å². The number of anilines is 1. The lowest BCUT2D eigenvalue weighted by atomic mass is 9.81. The number of carbonyl (C=O) groups excluding carboxylic acids is 2. The van der Waals surface area contributed by atoms with Crippen molar-refractivity contribution in [3.63, 3.8) is 0 Å². The highest BCUT2D eigenvalue weighted by Crippen LogP contribution is 2.27. The third-order valence-electron chi connectivity index (χ3n) is 5.01. The van der Waals surface area contributed by atoms with E-state index in [0.717, 1.165) is 25.9 Å². The molecule has 150 valence electrons. The van der Waals surface area contributed by atoms with Crippen LogP contribution in [0.1, 0.15) is 40.5 Å². The van der Waals surface area contributed by atoms with Gasteiger partial charge >= 0.3 is 0 Å². The Hall–Kier alpha value is -2.08. The molecule has 28 heavy (non-hydrogen) atoms. The Morgan fingerprint density at radius 2 is 1.68 bits per heavy atom. The number of piperidine rings is 1. The van der Waals surface area contributed by atoms with Gasteiger partial charge in [-0.1, -0.05) is 30.7 Å². The molecular weight excluding hydrogens is 397 g/mol. The third kappa shape index (κ3) is 5.71. The first-order valence-electron chi connectivity index (χ1n) is 9.12. The van der Waals surface area contributed by atoms with Crippen LogP contribution in [0.25, 0.3) is 0 Å². The van der Waals surface area contributed by atoms with Crippen LogP contribution < -0.4 is 16.0 Å². The Morgan fingerprint density at radius 3 is 2.36 bits per heavy atom. The lowest BCUT2D eigenvalue weighted by Crippen LogP contribution is -2.43. The number of hydrogen-bond donors (Lipinski definition) is 3. The van der Waals surface area contributed by atoms with Gasteiger partial charge in [0.25, 0.3) is 11.8 Å². The van der Waals surface area contributed by atoms with Crippen LogP contribution in [-0.4, -0.2) is 31.4 Å². The average molecular weight is 422 g/mol. The molecule has 1 aliphatic rings. The molecule has 0 aliphatic carbocycles. The molecule has 7 heteroatoms. The molecule has 1 heterocycles. The molecule has 1 aliphatic heterocycles. The van der Waals surface area contributed by atoms with Gasteiger partial charge in [-0.2, -0.15) is 0 Å². The van der Waals surface area contributed by atoms with Gasteiger partial charge in [0, 0.05) is 17.1 Å². The predicted octanol–water partition coefficient (Wildman–Crippen LogP) is 4.13. The molecule has 3 rings (SSSR count). The fourth-order valence-electron chi connectivity index (χ4n) is 3.18. The van der Waals surface area contributed by atoms with Crippen molar-refractivity contribution in [1.29, 1.82) is 0 Å². The van der Waals surface area contributed by atoms with Gasteiger partial charge in [-0.05, 0) is 67.7 Å². The Balaban J connectivity index is 0.00000280. The maximum absolute atomic E-state index is 12.7. The van der Waals surface area contributed by atoms with Gasteiger partial charge in [-0.3, -0.25) is 9.59 Å². The lowest BCUT2D eigenvalue weighted by Gasteiger charge is -2.34. The number of hydrogen-bond acceptors (Lipinski definition) is 3. The molecule has 3 N–H and O–H groups in total. The summed E-state index contributed by atoms with van der Waals surface area (Å²) in [5.74, 6) is -0.459. The second kappa shape index (κ2) is 9.92. The largest absolute Gasteiger partial charge is 0.351 e. The van der Waals surface area contributed by atoms with E-state index in [9.17, 15) is 9.59 Å². The highest BCUT2D eigenvalue weighted by Gasteiger charge is 2.27. The van der Waals surface area contributed by atoms with Gasteiger partial charge in [0.05, 0.1) is 11.3 Å². The Morgan fingerprint density at radius 1 is 1.04 bits per heavy atom. The normalized spacial score (nSPS) is 15.2. The SMILES string of the molecule is CC1(CNC(=O)c2ccccc2NC(=O)c2ccc(Cl)cc2)CCNCC1.Cl. The first-order chi connectivity index (χ1) is 13.0. The molecule has 2 aromatic carbocycles. The molecule has 0 aromatic heterocycles. The minimum atomic E-state index is -0.280. The van der Waals surface area contributed by atoms with E-state index in [1.807, 2.05) is 0 Å². The molecule has 0 saturated carbocycles. The number of rotatable bonds is 5. The summed E-state index contributed by atoms with van der Waals surface area (Å²) >= 11 is 5.86. The first kappa shape index (κ1) is 22.2. The zero-order valence-corrected chi connectivity index (χ0v) is 17.3. The molecule has 2 aromatic rings. The van der Waals surface area contributed by atoms with E-state index in [4.69, 9.17) is 11.6 Å². The van der Waals surface area contributed by atoms with Gasteiger partial charge in [-0.25, -0.2) is 0 Å². The molecule has 1 fully saturated rings. The summed E-state index contributed by atoms with van der Waals surface area (Å²) in [7, 11) is 0. The first-order valence-corrected chi connectivity index (χ1v) is 9.50. The number of amides is 2. The molecule has 0 unspecified atom stereocenters. The van der Waals surface area contributed by atoms with Crippen molar-refractivity contribution in [1.82, 2.24) is 10.6 Å². The second-order valence-electron chi connectivity index (χ2n) is 7.25. The summed E-state index contributed by atoms with van der Waals surface area (Å²) in [6.07, 6.45) is 2.06. The Labute approximate surface area is 176 Å². The van der Waals surface area contributed by atoms with Gasteiger partial charge in [0.15, 0.2) is 0 Å². The minimum absolute atomic E-state index is 0. The van der Waals surface area contributed by atoms with Crippen LogP contribution in [0.4, 0.5) is 5.69 Å². The summed E-state index contributed by atoms with van der Waals surface area (Å²) in [6.45, 7) is 4.76. The minimum Gasteiger partial charge on any atom is -0.351 e. The van der Waals surface area contributed by atoms with E-state index >= 15 is 0 Å². The van der Waals surface area contributed by atoms with E-state index in [1.54, 1.807) is 48.5 Å². The maximum atomic E-state index is 12.7. The third-order valence-corrected chi connectivity index (χ3v) is 5.26. The van der Waals surface area contributed by atoms with Crippen molar-refractivity contribution in [3.8, 4) is 0 Å². The van der Waals surface area contributed by atoms with Crippen LogP contribution in [-0.2, 0) is 0 Å². The van der Waals surface area contributed by atoms with Gasteiger partial charge < -0.3 is 16.0 Å². The van der Waals surface area contributed by atoms with E-state index in [1.165, 1.54) is 0 Å². The maximum Gasteiger partial charge on any atom is 0.255 e. The number of carbonyl (C=O) groups is 2. The smallest absolute Gasteiger partial charge is 0.255 e. The summed E-state index contributed by atoms with van der Waals surface area (Å²) < 4.78 is 0. The van der Waals surface area contributed by atoms with Crippen molar-refractivity contribution < 1.29 is 9.59 Å². The summed E-state index contributed by atoms with van der Waals surface area (Å²) in [5.41, 5.74) is 1.53. The number of nitrogens with one attached hydrogen (secondary N) is 3. The number of halogens is 2. The van der Waals surface area contributed by atoms with E-state index in [-0.39, 0.29) is 29.6 Å². The van der Waals surface area contributed by atoms with Gasteiger partial charge in [0.2, 0.25) is 0 Å². The molecule has 5 nitrogen and oxygen atoms in total. The van der Waals surface area contributed by atoms with Crippen LogP contribution in [0.15, 0.2) is 48.5 Å². The molecule has 0 radical (unpaired) electrons. The molecular formula is C21H25Cl2N3O2. The second-order valence-corrected chi connectivity index (χ2v) is 7.69. The van der Waals surface area contributed by atoms with E-state index < -0.39 is 0 Å². The molecule has 2 amide bonds. The van der Waals surface area contributed by atoms with E-state index in [2.05, 4.69) is 22.9 Å². The molecule has 0 atom stereocenters. The monoisotopic (exact) mass is 421 g/mol. The summed E-state index contributed by atoms with van der Waals surface area (Å²) in [6, 6.07) is 13.7. The van der Waals surface area contributed by atoms with Crippen molar-refractivity contribution in [2.24, 2.45) is 5.41 Å². The van der Waals surface area contributed by atoms with Crippen molar-refractivity contribution >= 4 is 41.5 Å². The zero-order chi connectivity index (χ0) is 19.3. The van der Waals surface area contributed by atoms with Crippen LogP contribution in [0.3, 0.4) is 0 Å². The lowest BCUT2D eigenvalue weighted by molar-refractivity contribution is 0.0923. The van der Waals surface area contributed by atoms with Crippen molar-refractivity contribution in [2.45, 2.75) is 19.8 Å². The molecule has 0 spiro atoms. The van der Waals surface area contributed by atoms with Crippen LogP contribution in [0.2, 0.25) is 5.02 Å². The average Bonchev–Trinajstić information content (AvgIpc) is 2.68. The molecule has 1 saturated heterocycles. The fourth-order valence-corrected chi connectivity index (χ4v) is 3.31. The topological polar surface area (TPSA) is 70.2 Å².